The number of rotatable bonds is 3. The molecule has 1 N–H and O–H groups in total. The van der Waals surface area contributed by atoms with Crippen LogP contribution in [-0.2, 0) is 0 Å². The molecule has 0 radical (unpaired) electrons. The van der Waals surface area contributed by atoms with E-state index in [1.54, 1.807) is 0 Å². The van der Waals surface area contributed by atoms with Crippen LogP contribution in [0.5, 0.6) is 0 Å². The van der Waals surface area contributed by atoms with Crippen molar-refractivity contribution >= 4 is 16.5 Å². The van der Waals surface area contributed by atoms with Gasteiger partial charge in [0.05, 0.1) is 18.1 Å². The molecule has 6 aliphatic rings. The molecule has 0 fully saturated rings. The van der Waals surface area contributed by atoms with Crippen molar-refractivity contribution in [1.82, 2.24) is 15.1 Å². The molecule has 3 aliphatic carbocycles. The molecular weight excluding hydrogens is 560 g/mol. The van der Waals surface area contributed by atoms with E-state index in [4.69, 9.17) is 0 Å². The van der Waals surface area contributed by atoms with Gasteiger partial charge < -0.3 is 20.0 Å². The number of anilines is 1. The summed E-state index contributed by atoms with van der Waals surface area (Å²) in [7, 11) is 2.28. The van der Waals surface area contributed by atoms with Gasteiger partial charge in [0.25, 0.3) is 0 Å². The van der Waals surface area contributed by atoms with Crippen LogP contribution in [0.3, 0.4) is 0 Å². The van der Waals surface area contributed by atoms with Gasteiger partial charge >= 0.3 is 0 Å². The van der Waals surface area contributed by atoms with E-state index in [0.29, 0.717) is 0 Å². The first-order chi connectivity index (χ1) is 22.6. The second-order valence-corrected chi connectivity index (χ2v) is 13.6. The van der Waals surface area contributed by atoms with Crippen molar-refractivity contribution in [3.8, 4) is 0 Å². The summed E-state index contributed by atoms with van der Waals surface area (Å²) >= 11 is 0. The van der Waals surface area contributed by atoms with Crippen LogP contribution in [0.4, 0.5) is 5.69 Å². The Morgan fingerprint density at radius 3 is 2.54 bits per heavy atom. The van der Waals surface area contributed by atoms with E-state index >= 15 is 0 Å². The second-order valence-electron chi connectivity index (χ2n) is 13.6. The van der Waals surface area contributed by atoms with Crippen LogP contribution in [0, 0.1) is 11.3 Å². The number of likely N-dealkylation sites (N-methyl/N-ethyl adjacent to an activating group) is 1. The predicted molar refractivity (Wildman–Crippen MR) is 189 cm³/mol. The maximum Gasteiger partial charge on any atom is 0.125 e. The molecule has 3 heterocycles. The molecule has 3 aromatic carbocycles. The fraction of sp³-hybridized carbons (Fsp3) is 0.238. The Morgan fingerprint density at radius 1 is 0.826 bits per heavy atom. The zero-order chi connectivity index (χ0) is 30.8. The maximum absolute atomic E-state index is 3.70. The van der Waals surface area contributed by atoms with Gasteiger partial charge in [0, 0.05) is 48.2 Å². The van der Waals surface area contributed by atoms with Crippen LogP contribution in [0.1, 0.15) is 31.4 Å². The van der Waals surface area contributed by atoms with E-state index in [0.717, 1.165) is 19.4 Å². The summed E-state index contributed by atoms with van der Waals surface area (Å²) in [5.41, 5.74) is 8.00. The summed E-state index contributed by atoms with van der Waals surface area (Å²) in [5, 5.41) is 6.25. The quantitative estimate of drug-likeness (QED) is 0.325. The Hall–Kier alpha value is -4.96. The van der Waals surface area contributed by atoms with Crippen LogP contribution < -0.4 is 10.2 Å². The van der Waals surface area contributed by atoms with Crippen molar-refractivity contribution in [1.29, 1.82) is 0 Å². The molecule has 0 spiro atoms. The molecule has 228 valence electrons. The van der Waals surface area contributed by atoms with E-state index in [1.807, 2.05) is 0 Å². The zero-order valence-electron chi connectivity index (χ0n) is 26.6. The molecule has 4 heteroatoms. The average Bonchev–Trinajstić information content (AvgIpc) is 3.25. The lowest BCUT2D eigenvalue weighted by atomic mass is 9.70. The Labute approximate surface area is 272 Å². The molecule has 0 bridgehead atoms. The van der Waals surface area contributed by atoms with E-state index in [2.05, 4.69) is 174 Å². The van der Waals surface area contributed by atoms with Gasteiger partial charge in [-0.3, -0.25) is 0 Å². The third-order valence-corrected chi connectivity index (χ3v) is 11.0. The van der Waals surface area contributed by atoms with Crippen LogP contribution in [0.15, 0.2) is 168 Å². The first-order valence-corrected chi connectivity index (χ1v) is 16.8. The van der Waals surface area contributed by atoms with Crippen molar-refractivity contribution in [2.75, 3.05) is 18.5 Å². The Balaban J connectivity index is 1.22. The SMILES string of the molecule is CN1C(N2C3=C(C=CCC3)[C@@]3(C)C=CC4=C(C=CC5C=CC=CC5N4c4ccc5ccccc5c4)C23)=CNCC1c1ccccc1. The Kier molecular flexibility index (Phi) is 6.28. The van der Waals surface area contributed by atoms with Gasteiger partial charge in [-0.2, -0.15) is 0 Å². The maximum atomic E-state index is 3.70. The molecule has 0 aromatic heterocycles. The zero-order valence-corrected chi connectivity index (χ0v) is 26.6. The van der Waals surface area contributed by atoms with Crippen molar-refractivity contribution in [3.05, 3.63) is 174 Å². The number of nitrogens with zero attached hydrogens (tertiary/aromatic N) is 3. The van der Waals surface area contributed by atoms with Gasteiger partial charge in [-0.25, -0.2) is 0 Å². The molecule has 5 atom stereocenters. The topological polar surface area (TPSA) is 21.8 Å². The highest BCUT2D eigenvalue weighted by molar-refractivity contribution is 5.87. The molecule has 9 rings (SSSR count). The number of hydrogen-bond donors (Lipinski definition) is 1. The lowest BCUT2D eigenvalue weighted by Gasteiger charge is -2.47. The standard InChI is InChI=1S/C42H40N4/c1-42-25-24-37-34(23-21-31-15-8-10-18-36(31)45(37)33-22-20-29-12-6-7-16-32(29)26-33)41(42)46(38-19-11-9-17-35(38)42)40-28-43-27-39(44(40)2)30-13-4-3-5-14-30/h3-10,12-18,20-26,28,31,36,39,41,43H,11,19,27H2,1-2H3/t31?,36?,39?,41?,42-/m1/s1. The molecule has 4 nitrogen and oxygen atoms in total. The predicted octanol–water partition coefficient (Wildman–Crippen LogP) is 8.52. The van der Waals surface area contributed by atoms with Crippen molar-refractivity contribution in [3.63, 3.8) is 0 Å². The summed E-state index contributed by atoms with van der Waals surface area (Å²) in [6.07, 6.45) is 28.2. The normalized spacial score (nSPS) is 29.3. The van der Waals surface area contributed by atoms with E-state index in [-0.39, 0.29) is 29.5 Å². The highest BCUT2D eigenvalue weighted by atomic mass is 15.4. The Bertz CT molecular complexity index is 1970. The summed E-state index contributed by atoms with van der Waals surface area (Å²) in [4.78, 5) is 7.81. The first kappa shape index (κ1) is 27.4. The fourth-order valence-corrected chi connectivity index (χ4v) is 8.74. The summed E-state index contributed by atoms with van der Waals surface area (Å²) in [6, 6.07) is 27.2. The molecule has 0 saturated heterocycles. The second kappa shape index (κ2) is 10.6. The van der Waals surface area contributed by atoms with Crippen LogP contribution in [0.25, 0.3) is 10.8 Å². The molecule has 0 amide bonds. The minimum absolute atomic E-state index is 0.123. The third kappa shape index (κ3) is 4.05. The monoisotopic (exact) mass is 600 g/mol. The van der Waals surface area contributed by atoms with E-state index in [1.165, 1.54) is 50.4 Å². The van der Waals surface area contributed by atoms with E-state index < -0.39 is 0 Å². The summed E-state index contributed by atoms with van der Waals surface area (Å²) in [5.74, 6) is 1.52. The van der Waals surface area contributed by atoms with Crippen molar-refractivity contribution in [2.24, 2.45) is 11.3 Å². The number of hydrogen-bond acceptors (Lipinski definition) is 4. The Morgan fingerprint density at radius 2 is 1.65 bits per heavy atom. The summed E-state index contributed by atoms with van der Waals surface area (Å²) < 4.78 is 0. The van der Waals surface area contributed by atoms with Crippen molar-refractivity contribution < 1.29 is 0 Å². The molecule has 3 aliphatic heterocycles. The molecule has 0 saturated carbocycles. The fourth-order valence-electron chi connectivity index (χ4n) is 8.74. The molecule has 3 aromatic rings. The number of nitrogens with one attached hydrogen (secondary N) is 1. The minimum Gasteiger partial charge on any atom is -0.386 e. The van der Waals surface area contributed by atoms with Gasteiger partial charge in [-0.1, -0.05) is 115 Å². The van der Waals surface area contributed by atoms with Gasteiger partial charge in [0.1, 0.15) is 5.82 Å². The highest BCUT2D eigenvalue weighted by Gasteiger charge is 2.53. The van der Waals surface area contributed by atoms with Crippen LogP contribution in [-0.4, -0.2) is 35.5 Å². The lowest BCUT2D eigenvalue weighted by molar-refractivity contribution is 0.165. The first-order valence-electron chi connectivity index (χ1n) is 16.8. The van der Waals surface area contributed by atoms with Gasteiger partial charge in [0.15, 0.2) is 0 Å². The number of fused-ring (bicyclic) bond motifs is 5. The average molecular weight is 601 g/mol. The minimum atomic E-state index is -0.160. The summed E-state index contributed by atoms with van der Waals surface area (Å²) in [6.45, 7) is 3.34. The van der Waals surface area contributed by atoms with Crippen LogP contribution in [0.2, 0.25) is 0 Å². The van der Waals surface area contributed by atoms with Gasteiger partial charge in [-0.05, 0) is 65.5 Å². The number of benzene rings is 3. The van der Waals surface area contributed by atoms with Gasteiger partial charge in [0.2, 0.25) is 0 Å². The third-order valence-electron chi connectivity index (χ3n) is 11.0. The largest absolute Gasteiger partial charge is 0.386 e. The highest BCUT2D eigenvalue weighted by Crippen LogP contribution is 2.57. The van der Waals surface area contributed by atoms with E-state index in [9.17, 15) is 0 Å². The molecule has 46 heavy (non-hydrogen) atoms. The van der Waals surface area contributed by atoms with Gasteiger partial charge in [-0.15, -0.1) is 0 Å². The van der Waals surface area contributed by atoms with Crippen LogP contribution >= 0.6 is 0 Å². The molecular formula is C42H40N4. The van der Waals surface area contributed by atoms with Crippen molar-refractivity contribution in [2.45, 2.75) is 37.9 Å². The number of allylic oxidation sites excluding steroid dienone is 6. The molecule has 4 unspecified atom stereocenters. The lowest BCUT2D eigenvalue weighted by Crippen LogP contribution is -2.49. The smallest absolute Gasteiger partial charge is 0.125 e.